The normalized spacial score (nSPS) is 15.4. The molecule has 27 heavy (non-hydrogen) atoms. The summed E-state index contributed by atoms with van der Waals surface area (Å²) in [4.78, 5) is 12.7. The molecular formula is C23H29NO3. The monoisotopic (exact) mass is 367 g/mol. The molecule has 2 aromatic rings. The van der Waals surface area contributed by atoms with E-state index in [1.807, 2.05) is 18.2 Å². The molecule has 0 bridgehead atoms. The van der Waals surface area contributed by atoms with E-state index in [0.717, 1.165) is 12.8 Å². The Morgan fingerprint density at radius 2 is 1.81 bits per heavy atom. The minimum atomic E-state index is -0.580. The third kappa shape index (κ3) is 4.82. The van der Waals surface area contributed by atoms with E-state index in [1.165, 1.54) is 36.0 Å². The van der Waals surface area contributed by atoms with Gasteiger partial charge in [0.05, 0.1) is 13.2 Å². The zero-order valence-electron chi connectivity index (χ0n) is 16.5. The third-order valence-corrected chi connectivity index (χ3v) is 5.22. The van der Waals surface area contributed by atoms with Gasteiger partial charge in [0.2, 0.25) is 0 Å². The lowest BCUT2D eigenvalue weighted by molar-refractivity contribution is -0.128. The fourth-order valence-electron chi connectivity index (χ4n) is 3.61. The molecule has 0 heterocycles. The number of nitrogens with one attached hydrogen (secondary N) is 1. The van der Waals surface area contributed by atoms with Crippen LogP contribution in [0.15, 0.2) is 42.5 Å². The van der Waals surface area contributed by atoms with Gasteiger partial charge >= 0.3 is 0 Å². The maximum absolute atomic E-state index is 12.7. The first-order chi connectivity index (χ1) is 13.1. The van der Waals surface area contributed by atoms with Crippen LogP contribution in [-0.2, 0) is 17.6 Å². The van der Waals surface area contributed by atoms with Gasteiger partial charge in [-0.1, -0.05) is 31.2 Å². The number of hydrogen-bond donors (Lipinski definition) is 1. The Hall–Kier alpha value is -2.49. The molecule has 4 heteroatoms. The van der Waals surface area contributed by atoms with Crippen molar-refractivity contribution < 1.29 is 14.3 Å². The second-order valence-electron chi connectivity index (χ2n) is 7.14. The molecule has 1 aliphatic carbocycles. The van der Waals surface area contributed by atoms with Crippen molar-refractivity contribution in [2.24, 2.45) is 0 Å². The van der Waals surface area contributed by atoms with Crippen LogP contribution in [0.25, 0.3) is 0 Å². The lowest BCUT2D eigenvalue weighted by atomic mass is 9.89. The summed E-state index contributed by atoms with van der Waals surface area (Å²) in [6.45, 7) is 3.87. The number of amides is 1. The van der Waals surface area contributed by atoms with Gasteiger partial charge in [-0.3, -0.25) is 4.79 Å². The van der Waals surface area contributed by atoms with E-state index in [9.17, 15) is 4.79 Å². The standard InChI is InChI=1S/C23H29NO3/c1-4-22(19-13-12-17-8-5-6-9-18(17)14-19)24-23(25)16(2)27-21-11-7-10-20(15-21)26-3/h7,10-16,22H,4-6,8-9H2,1-3H3,(H,24,25)/t16-,22+/m1/s1. The summed E-state index contributed by atoms with van der Waals surface area (Å²) in [5.74, 6) is 1.22. The Bertz CT molecular complexity index is 787. The molecule has 4 nitrogen and oxygen atoms in total. The van der Waals surface area contributed by atoms with Gasteiger partial charge in [0.15, 0.2) is 6.10 Å². The summed E-state index contributed by atoms with van der Waals surface area (Å²) in [6, 6.07) is 14.0. The van der Waals surface area contributed by atoms with Gasteiger partial charge in [0.25, 0.3) is 5.91 Å². The van der Waals surface area contributed by atoms with E-state index in [4.69, 9.17) is 9.47 Å². The van der Waals surface area contributed by atoms with E-state index in [-0.39, 0.29) is 11.9 Å². The number of carbonyl (C=O) groups is 1. The second-order valence-corrected chi connectivity index (χ2v) is 7.14. The van der Waals surface area contributed by atoms with Gasteiger partial charge in [-0.05, 0) is 67.9 Å². The first kappa shape index (κ1) is 19.3. The van der Waals surface area contributed by atoms with E-state index in [0.29, 0.717) is 11.5 Å². The van der Waals surface area contributed by atoms with Crippen molar-refractivity contribution in [1.29, 1.82) is 0 Å². The molecule has 2 atom stereocenters. The summed E-state index contributed by atoms with van der Waals surface area (Å²) in [5.41, 5.74) is 4.08. The van der Waals surface area contributed by atoms with Crippen LogP contribution in [0, 0.1) is 0 Å². The lowest BCUT2D eigenvalue weighted by Gasteiger charge is -2.23. The molecule has 3 rings (SSSR count). The SMILES string of the molecule is CC[C@H](NC(=O)[C@@H](C)Oc1cccc(OC)c1)c1ccc2c(c1)CCCC2. The number of carbonyl (C=O) groups excluding carboxylic acids is 1. The number of benzene rings is 2. The number of rotatable bonds is 7. The Labute approximate surface area is 161 Å². The largest absolute Gasteiger partial charge is 0.497 e. The van der Waals surface area contributed by atoms with Crippen LogP contribution in [0.1, 0.15) is 55.8 Å². The van der Waals surface area contributed by atoms with Crippen molar-refractivity contribution in [3.8, 4) is 11.5 Å². The van der Waals surface area contributed by atoms with Gasteiger partial charge in [-0.2, -0.15) is 0 Å². The zero-order chi connectivity index (χ0) is 19.2. The van der Waals surface area contributed by atoms with Crippen LogP contribution in [0.3, 0.4) is 0 Å². The van der Waals surface area contributed by atoms with E-state index >= 15 is 0 Å². The highest BCUT2D eigenvalue weighted by Crippen LogP contribution is 2.26. The van der Waals surface area contributed by atoms with Crippen molar-refractivity contribution in [2.75, 3.05) is 7.11 Å². The third-order valence-electron chi connectivity index (χ3n) is 5.22. The number of hydrogen-bond acceptors (Lipinski definition) is 3. The first-order valence-electron chi connectivity index (χ1n) is 9.83. The molecule has 0 aliphatic heterocycles. The molecule has 1 N–H and O–H groups in total. The van der Waals surface area contributed by atoms with Gasteiger partial charge in [0, 0.05) is 6.07 Å². The van der Waals surface area contributed by atoms with Crippen LogP contribution < -0.4 is 14.8 Å². The van der Waals surface area contributed by atoms with Gasteiger partial charge < -0.3 is 14.8 Å². The minimum absolute atomic E-state index is 0.00101. The molecule has 0 aromatic heterocycles. The minimum Gasteiger partial charge on any atom is -0.497 e. The van der Waals surface area contributed by atoms with Crippen LogP contribution >= 0.6 is 0 Å². The first-order valence-corrected chi connectivity index (χ1v) is 9.83. The summed E-state index contributed by atoms with van der Waals surface area (Å²) in [6.07, 6.45) is 5.11. The number of ether oxygens (including phenoxy) is 2. The molecule has 0 fully saturated rings. The van der Waals surface area contributed by atoms with E-state index in [2.05, 4.69) is 30.4 Å². The molecule has 1 amide bonds. The summed E-state index contributed by atoms with van der Waals surface area (Å²) >= 11 is 0. The topological polar surface area (TPSA) is 47.6 Å². The molecule has 1 aliphatic rings. The average Bonchev–Trinajstić information content (AvgIpc) is 2.71. The molecular weight excluding hydrogens is 338 g/mol. The summed E-state index contributed by atoms with van der Waals surface area (Å²) in [5, 5.41) is 3.14. The van der Waals surface area contributed by atoms with Crippen LogP contribution in [-0.4, -0.2) is 19.1 Å². The Kier molecular flexibility index (Phi) is 6.38. The van der Waals surface area contributed by atoms with Crippen LogP contribution in [0.4, 0.5) is 0 Å². The molecule has 0 radical (unpaired) electrons. The number of aryl methyl sites for hydroxylation is 2. The predicted octanol–water partition coefficient (Wildman–Crippen LogP) is 4.61. The highest BCUT2D eigenvalue weighted by Gasteiger charge is 2.20. The number of fused-ring (bicyclic) bond motifs is 1. The predicted molar refractivity (Wildman–Crippen MR) is 107 cm³/mol. The van der Waals surface area contributed by atoms with Crippen molar-refractivity contribution in [3.05, 3.63) is 59.2 Å². The smallest absolute Gasteiger partial charge is 0.261 e. The molecule has 0 saturated heterocycles. The molecule has 0 saturated carbocycles. The van der Waals surface area contributed by atoms with Crippen molar-refractivity contribution in [2.45, 2.75) is 58.1 Å². The van der Waals surface area contributed by atoms with Gasteiger partial charge in [-0.25, -0.2) is 0 Å². The number of methoxy groups -OCH3 is 1. The quantitative estimate of drug-likeness (QED) is 0.777. The van der Waals surface area contributed by atoms with Crippen LogP contribution in [0.2, 0.25) is 0 Å². The molecule has 2 aromatic carbocycles. The Morgan fingerprint density at radius 3 is 2.56 bits per heavy atom. The molecule has 144 valence electrons. The zero-order valence-corrected chi connectivity index (χ0v) is 16.5. The molecule has 0 unspecified atom stereocenters. The van der Waals surface area contributed by atoms with E-state index < -0.39 is 6.10 Å². The fourth-order valence-corrected chi connectivity index (χ4v) is 3.61. The van der Waals surface area contributed by atoms with E-state index in [1.54, 1.807) is 20.1 Å². The average molecular weight is 367 g/mol. The highest BCUT2D eigenvalue weighted by atomic mass is 16.5. The maximum Gasteiger partial charge on any atom is 0.261 e. The Balaban J connectivity index is 1.65. The molecule has 0 spiro atoms. The van der Waals surface area contributed by atoms with Gasteiger partial charge in [-0.15, -0.1) is 0 Å². The van der Waals surface area contributed by atoms with Gasteiger partial charge in [0.1, 0.15) is 11.5 Å². The van der Waals surface area contributed by atoms with Crippen LogP contribution in [0.5, 0.6) is 11.5 Å². The Morgan fingerprint density at radius 1 is 1.07 bits per heavy atom. The van der Waals surface area contributed by atoms with Crippen molar-refractivity contribution in [1.82, 2.24) is 5.32 Å². The highest BCUT2D eigenvalue weighted by molar-refractivity contribution is 5.81. The summed E-state index contributed by atoms with van der Waals surface area (Å²) < 4.78 is 11.0. The lowest BCUT2D eigenvalue weighted by Crippen LogP contribution is -2.38. The second kappa shape index (κ2) is 8.94. The van der Waals surface area contributed by atoms with Crippen molar-refractivity contribution >= 4 is 5.91 Å². The maximum atomic E-state index is 12.7. The van der Waals surface area contributed by atoms with Crippen molar-refractivity contribution in [3.63, 3.8) is 0 Å². The summed E-state index contributed by atoms with van der Waals surface area (Å²) in [7, 11) is 1.61. The fraction of sp³-hybridized carbons (Fsp3) is 0.435.